The Labute approximate surface area is 123 Å². The molecule has 0 saturated carbocycles. The van der Waals surface area contributed by atoms with Crippen LogP contribution in [0, 0.1) is 0 Å². The molecule has 2 heterocycles. The summed E-state index contributed by atoms with van der Waals surface area (Å²) in [5.41, 5.74) is 5.80. The summed E-state index contributed by atoms with van der Waals surface area (Å²) in [6.45, 7) is 7.88. The first kappa shape index (κ1) is 15.1. The number of aromatic nitrogens is 1. The van der Waals surface area contributed by atoms with E-state index in [1.807, 2.05) is 13.8 Å². The molecule has 4 N–H and O–H groups in total. The van der Waals surface area contributed by atoms with Crippen molar-refractivity contribution >= 4 is 28.2 Å². The molecule has 0 radical (unpaired) electrons. The number of carbonyl (C=O) groups is 1. The number of hydrogen-bond acceptors (Lipinski definition) is 6. The number of nitrogens with one attached hydrogen (secondary N) is 2. The van der Waals surface area contributed by atoms with Crippen molar-refractivity contribution in [1.29, 1.82) is 0 Å². The highest BCUT2D eigenvalue weighted by Crippen LogP contribution is 2.25. The number of carbonyl (C=O) groups excluding carboxylic acids is 1. The molecule has 0 aliphatic carbocycles. The molecule has 1 aliphatic heterocycles. The Bertz CT molecular complexity index is 454. The second-order valence-corrected chi connectivity index (χ2v) is 6.34. The third-order valence-corrected chi connectivity index (χ3v) is 4.19. The second-order valence-electron chi connectivity index (χ2n) is 5.34. The maximum absolute atomic E-state index is 12.1. The van der Waals surface area contributed by atoms with Crippen molar-refractivity contribution in [1.82, 2.24) is 15.2 Å². The number of thiazole rings is 1. The zero-order chi connectivity index (χ0) is 14.5. The van der Waals surface area contributed by atoms with Crippen LogP contribution in [0.5, 0.6) is 0 Å². The summed E-state index contributed by atoms with van der Waals surface area (Å²) in [5, 5.41) is 6.77. The Morgan fingerprint density at radius 2 is 2.15 bits per heavy atom. The van der Waals surface area contributed by atoms with Crippen LogP contribution in [0.4, 0.5) is 10.9 Å². The third-order valence-electron chi connectivity index (χ3n) is 3.18. The number of rotatable bonds is 6. The minimum absolute atomic E-state index is 0.129. The number of nitrogen functional groups attached to an aromatic ring is 1. The number of hydrogen-bond donors (Lipinski definition) is 3. The van der Waals surface area contributed by atoms with Crippen LogP contribution in [0.3, 0.4) is 0 Å². The first-order valence-corrected chi connectivity index (χ1v) is 7.91. The van der Waals surface area contributed by atoms with E-state index in [1.165, 1.54) is 24.2 Å². The summed E-state index contributed by atoms with van der Waals surface area (Å²) in [6.07, 6.45) is 2.53. The van der Waals surface area contributed by atoms with Gasteiger partial charge in [0, 0.05) is 19.1 Å². The predicted octanol–water partition coefficient (Wildman–Crippen LogP) is 1.37. The van der Waals surface area contributed by atoms with E-state index in [0.29, 0.717) is 22.4 Å². The van der Waals surface area contributed by atoms with Crippen molar-refractivity contribution < 1.29 is 4.79 Å². The van der Waals surface area contributed by atoms with Gasteiger partial charge < -0.3 is 21.3 Å². The van der Waals surface area contributed by atoms with Crippen molar-refractivity contribution in [2.45, 2.75) is 32.7 Å². The summed E-state index contributed by atoms with van der Waals surface area (Å²) in [4.78, 5) is 19.1. The van der Waals surface area contributed by atoms with E-state index in [2.05, 4.69) is 20.5 Å². The molecule has 20 heavy (non-hydrogen) atoms. The van der Waals surface area contributed by atoms with Crippen LogP contribution in [0.25, 0.3) is 0 Å². The highest BCUT2D eigenvalue weighted by molar-refractivity contribution is 7.18. The van der Waals surface area contributed by atoms with Gasteiger partial charge in [0.25, 0.3) is 5.91 Å². The molecule has 1 aromatic heterocycles. The van der Waals surface area contributed by atoms with Crippen molar-refractivity contribution in [3.8, 4) is 0 Å². The van der Waals surface area contributed by atoms with E-state index < -0.39 is 0 Å². The molecular formula is C13H23N5OS. The second kappa shape index (κ2) is 6.90. The fourth-order valence-electron chi connectivity index (χ4n) is 2.22. The lowest BCUT2D eigenvalue weighted by Gasteiger charge is -2.14. The summed E-state index contributed by atoms with van der Waals surface area (Å²) in [7, 11) is 0. The van der Waals surface area contributed by atoms with Crippen LogP contribution >= 0.6 is 11.3 Å². The number of nitrogens with zero attached hydrogens (tertiary/aromatic N) is 2. The van der Waals surface area contributed by atoms with E-state index in [1.54, 1.807) is 0 Å². The lowest BCUT2D eigenvalue weighted by molar-refractivity contribution is 0.0954. The Kier molecular flexibility index (Phi) is 5.19. The first-order chi connectivity index (χ1) is 9.56. The van der Waals surface area contributed by atoms with Crippen LogP contribution < -0.4 is 16.4 Å². The van der Waals surface area contributed by atoms with Gasteiger partial charge in [0.05, 0.1) is 0 Å². The topological polar surface area (TPSA) is 83.3 Å². The fourth-order valence-corrected chi connectivity index (χ4v) is 3.16. The van der Waals surface area contributed by atoms with Gasteiger partial charge in [-0.05, 0) is 39.8 Å². The maximum atomic E-state index is 12.1. The minimum atomic E-state index is -0.129. The zero-order valence-electron chi connectivity index (χ0n) is 12.1. The molecule has 112 valence electrons. The Balaban J connectivity index is 1.83. The molecule has 2 rings (SSSR count). The number of amides is 1. The molecular weight excluding hydrogens is 274 g/mol. The summed E-state index contributed by atoms with van der Waals surface area (Å²) >= 11 is 1.31. The van der Waals surface area contributed by atoms with Gasteiger partial charge in [-0.15, -0.1) is 0 Å². The monoisotopic (exact) mass is 297 g/mol. The fraction of sp³-hybridized carbons (Fsp3) is 0.692. The van der Waals surface area contributed by atoms with Gasteiger partial charge in [0.2, 0.25) is 0 Å². The average Bonchev–Trinajstić information content (AvgIpc) is 2.98. The van der Waals surface area contributed by atoms with E-state index >= 15 is 0 Å². The SMILES string of the molecule is CC(C)Nc1nc(N)c(C(=O)NCCN2CCCC2)s1. The first-order valence-electron chi connectivity index (χ1n) is 7.09. The van der Waals surface area contributed by atoms with Crippen LogP contribution in [-0.4, -0.2) is 48.0 Å². The highest BCUT2D eigenvalue weighted by atomic mass is 32.1. The lowest BCUT2D eigenvalue weighted by Crippen LogP contribution is -2.33. The van der Waals surface area contributed by atoms with Gasteiger partial charge in [-0.2, -0.15) is 0 Å². The van der Waals surface area contributed by atoms with Gasteiger partial charge >= 0.3 is 0 Å². The standard InChI is InChI=1S/C13H23N5OS/c1-9(2)16-13-17-11(14)10(20-13)12(19)15-5-8-18-6-3-4-7-18/h9H,3-8,14H2,1-2H3,(H,15,19)(H,16,17). The molecule has 0 bridgehead atoms. The third kappa shape index (κ3) is 4.08. The van der Waals surface area contributed by atoms with E-state index in [0.717, 1.165) is 19.6 Å². The smallest absolute Gasteiger partial charge is 0.265 e. The number of likely N-dealkylation sites (tertiary alicyclic amines) is 1. The van der Waals surface area contributed by atoms with Crippen molar-refractivity contribution in [2.75, 3.05) is 37.2 Å². The number of anilines is 2. The van der Waals surface area contributed by atoms with Crippen molar-refractivity contribution in [2.24, 2.45) is 0 Å². The molecule has 1 aromatic rings. The highest BCUT2D eigenvalue weighted by Gasteiger charge is 2.17. The minimum Gasteiger partial charge on any atom is -0.382 e. The van der Waals surface area contributed by atoms with E-state index in [-0.39, 0.29) is 11.9 Å². The average molecular weight is 297 g/mol. The molecule has 6 nitrogen and oxygen atoms in total. The predicted molar refractivity (Wildman–Crippen MR) is 83.3 cm³/mol. The molecule has 1 amide bonds. The lowest BCUT2D eigenvalue weighted by atomic mass is 10.4. The van der Waals surface area contributed by atoms with Crippen molar-refractivity contribution in [3.05, 3.63) is 4.88 Å². The number of nitrogens with two attached hydrogens (primary N) is 1. The largest absolute Gasteiger partial charge is 0.382 e. The van der Waals surface area contributed by atoms with Crippen LogP contribution in [-0.2, 0) is 0 Å². The van der Waals surface area contributed by atoms with Crippen molar-refractivity contribution in [3.63, 3.8) is 0 Å². The molecule has 1 aliphatic rings. The van der Waals surface area contributed by atoms with Gasteiger partial charge in [0.15, 0.2) is 5.13 Å². The normalized spacial score (nSPS) is 15.8. The molecule has 1 fully saturated rings. The van der Waals surface area contributed by atoms with Crippen LogP contribution in [0.2, 0.25) is 0 Å². The van der Waals surface area contributed by atoms with Crippen LogP contribution in [0.15, 0.2) is 0 Å². The Morgan fingerprint density at radius 3 is 2.80 bits per heavy atom. The molecule has 0 unspecified atom stereocenters. The summed E-state index contributed by atoms with van der Waals surface area (Å²) in [5.74, 6) is 0.174. The van der Waals surface area contributed by atoms with Gasteiger partial charge in [-0.25, -0.2) is 4.98 Å². The summed E-state index contributed by atoms with van der Waals surface area (Å²) < 4.78 is 0. The Morgan fingerprint density at radius 1 is 1.45 bits per heavy atom. The molecule has 1 saturated heterocycles. The molecule has 7 heteroatoms. The van der Waals surface area contributed by atoms with E-state index in [4.69, 9.17) is 5.73 Å². The van der Waals surface area contributed by atoms with E-state index in [9.17, 15) is 4.79 Å². The van der Waals surface area contributed by atoms with Gasteiger partial charge in [0.1, 0.15) is 10.7 Å². The van der Waals surface area contributed by atoms with Gasteiger partial charge in [-0.1, -0.05) is 11.3 Å². The van der Waals surface area contributed by atoms with Crippen LogP contribution in [0.1, 0.15) is 36.4 Å². The quantitative estimate of drug-likeness (QED) is 0.738. The molecule has 0 spiro atoms. The molecule has 0 atom stereocenters. The molecule has 0 aromatic carbocycles. The Hall–Kier alpha value is -1.34. The zero-order valence-corrected chi connectivity index (χ0v) is 12.9. The van der Waals surface area contributed by atoms with Gasteiger partial charge in [-0.3, -0.25) is 4.79 Å². The maximum Gasteiger partial charge on any atom is 0.265 e. The summed E-state index contributed by atoms with van der Waals surface area (Å²) in [6, 6.07) is 0.270.